The van der Waals surface area contributed by atoms with Gasteiger partial charge in [0.05, 0.1) is 25.3 Å². The standard InChI is InChI=1S/C25H29ClN2O5/c1-5-14-33-19-11-8-17(15-20(19)32-4)22-21(23(29)16-6-9-18(26)10-7-16)24(30)25(31)28(22)13-12-27(2)3/h6-11,15,22,29H,5,12-14H2,1-4H3. The average Bonchev–Trinajstić information content (AvgIpc) is 3.06. The topological polar surface area (TPSA) is 79.3 Å². The fourth-order valence-corrected chi connectivity index (χ4v) is 3.84. The van der Waals surface area contributed by atoms with E-state index in [-0.39, 0.29) is 11.3 Å². The van der Waals surface area contributed by atoms with Crippen molar-refractivity contribution in [2.75, 3.05) is 40.9 Å². The summed E-state index contributed by atoms with van der Waals surface area (Å²) in [5.74, 6) is -0.552. The molecule has 1 fully saturated rings. The lowest BCUT2D eigenvalue weighted by atomic mass is 9.95. The Balaban J connectivity index is 2.14. The van der Waals surface area contributed by atoms with E-state index >= 15 is 0 Å². The molecule has 1 saturated heterocycles. The Morgan fingerprint density at radius 3 is 2.42 bits per heavy atom. The normalized spacial score (nSPS) is 17.6. The minimum absolute atomic E-state index is 0.0327. The first-order valence-corrected chi connectivity index (χ1v) is 11.2. The van der Waals surface area contributed by atoms with Crippen molar-refractivity contribution in [3.63, 3.8) is 0 Å². The van der Waals surface area contributed by atoms with Crippen LogP contribution in [0.1, 0.15) is 30.5 Å². The van der Waals surface area contributed by atoms with Crippen molar-refractivity contribution in [1.82, 2.24) is 9.80 Å². The maximum atomic E-state index is 13.1. The van der Waals surface area contributed by atoms with Gasteiger partial charge in [0.25, 0.3) is 11.7 Å². The number of ether oxygens (including phenoxy) is 2. The van der Waals surface area contributed by atoms with Gasteiger partial charge < -0.3 is 24.4 Å². The molecular formula is C25H29ClN2O5. The number of carbonyl (C=O) groups excluding carboxylic acids is 2. The molecule has 1 amide bonds. The van der Waals surface area contributed by atoms with Crippen LogP contribution in [-0.2, 0) is 9.59 Å². The lowest BCUT2D eigenvalue weighted by Crippen LogP contribution is -2.35. The third kappa shape index (κ3) is 5.31. The second-order valence-corrected chi connectivity index (χ2v) is 8.50. The van der Waals surface area contributed by atoms with Crippen molar-refractivity contribution in [3.05, 3.63) is 64.2 Å². The third-order valence-electron chi connectivity index (χ3n) is 5.41. The minimum atomic E-state index is -0.769. The smallest absolute Gasteiger partial charge is 0.295 e. The molecule has 8 heteroatoms. The lowest BCUT2D eigenvalue weighted by Gasteiger charge is -2.27. The first-order chi connectivity index (χ1) is 15.8. The molecule has 1 aliphatic heterocycles. The van der Waals surface area contributed by atoms with Crippen LogP contribution >= 0.6 is 11.6 Å². The first-order valence-electron chi connectivity index (χ1n) is 10.8. The molecule has 0 spiro atoms. The molecule has 176 valence electrons. The van der Waals surface area contributed by atoms with E-state index in [4.69, 9.17) is 21.1 Å². The molecule has 0 aliphatic carbocycles. The SMILES string of the molecule is CCCOc1ccc(C2C(=C(O)c3ccc(Cl)cc3)C(=O)C(=O)N2CCN(C)C)cc1OC. The summed E-state index contributed by atoms with van der Waals surface area (Å²) in [6, 6.07) is 11.0. The number of likely N-dealkylation sites (N-methyl/N-ethyl adjacent to an activating group) is 1. The van der Waals surface area contributed by atoms with Gasteiger partial charge in [0.15, 0.2) is 11.5 Å². The highest BCUT2D eigenvalue weighted by Gasteiger charge is 2.46. The minimum Gasteiger partial charge on any atom is -0.507 e. The van der Waals surface area contributed by atoms with E-state index in [0.29, 0.717) is 47.3 Å². The van der Waals surface area contributed by atoms with Crippen LogP contribution in [0.2, 0.25) is 5.02 Å². The first kappa shape index (κ1) is 24.6. The molecular weight excluding hydrogens is 444 g/mol. The van der Waals surface area contributed by atoms with Gasteiger partial charge in [-0.15, -0.1) is 0 Å². The molecule has 7 nitrogen and oxygen atoms in total. The van der Waals surface area contributed by atoms with Gasteiger partial charge in [-0.25, -0.2) is 0 Å². The van der Waals surface area contributed by atoms with E-state index < -0.39 is 17.7 Å². The summed E-state index contributed by atoms with van der Waals surface area (Å²) in [6.45, 7) is 3.42. The van der Waals surface area contributed by atoms with Crippen molar-refractivity contribution in [2.45, 2.75) is 19.4 Å². The van der Waals surface area contributed by atoms with Crippen molar-refractivity contribution in [1.29, 1.82) is 0 Å². The summed E-state index contributed by atoms with van der Waals surface area (Å²) in [6.07, 6.45) is 0.844. The zero-order valence-corrected chi connectivity index (χ0v) is 20.1. The maximum absolute atomic E-state index is 13.1. The Hall–Kier alpha value is -3.03. The Morgan fingerprint density at radius 1 is 1.12 bits per heavy atom. The predicted octanol–water partition coefficient (Wildman–Crippen LogP) is 4.12. The number of aliphatic hydroxyl groups excluding tert-OH is 1. The zero-order chi connectivity index (χ0) is 24.1. The summed E-state index contributed by atoms with van der Waals surface area (Å²) in [4.78, 5) is 29.5. The highest BCUT2D eigenvalue weighted by Crippen LogP contribution is 2.42. The molecule has 2 aromatic carbocycles. The monoisotopic (exact) mass is 472 g/mol. The second kappa shape index (κ2) is 10.7. The number of hydrogen-bond acceptors (Lipinski definition) is 6. The molecule has 0 bridgehead atoms. The molecule has 0 aromatic heterocycles. The van der Waals surface area contributed by atoms with Crippen LogP contribution in [-0.4, -0.2) is 67.5 Å². The van der Waals surface area contributed by atoms with E-state index in [1.165, 1.54) is 12.0 Å². The van der Waals surface area contributed by atoms with Crippen molar-refractivity contribution in [2.24, 2.45) is 0 Å². The van der Waals surface area contributed by atoms with Gasteiger partial charge in [0, 0.05) is 23.7 Å². The van der Waals surface area contributed by atoms with Gasteiger partial charge >= 0.3 is 0 Å². The lowest BCUT2D eigenvalue weighted by molar-refractivity contribution is -0.140. The summed E-state index contributed by atoms with van der Waals surface area (Å²) < 4.78 is 11.3. The maximum Gasteiger partial charge on any atom is 0.295 e. The molecule has 0 saturated carbocycles. The number of nitrogens with zero attached hydrogens (tertiary/aromatic N) is 2. The van der Waals surface area contributed by atoms with Gasteiger partial charge in [-0.1, -0.05) is 24.6 Å². The number of methoxy groups -OCH3 is 1. The van der Waals surface area contributed by atoms with Crippen LogP contribution in [0.25, 0.3) is 5.76 Å². The van der Waals surface area contributed by atoms with Crippen LogP contribution < -0.4 is 9.47 Å². The Kier molecular flexibility index (Phi) is 8.00. The second-order valence-electron chi connectivity index (χ2n) is 8.06. The number of ketones is 1. The highest BCUT2D eigenvalue weighted by atomic mass is 35.5. The van der Waals surface area contributed by atoms with Crippen LogP contribution in [0.5, 0.6) is 11.5 Å². The average molecular weight is 473 g/mol. The number of rotatable bonds is 9. The van der Waals surface area contributed by atoms with Gasteiger partial charge in [0.2, 0.25) is 0 Å². The molecule has 1 atom stereocenters. The molecule has 33 heavy (non-hydrogen) atoms. The van der Waals surface area contributed by atoms with E-state index in [2.05, 4.69) is 0 Å². The quantitative estimate of drug-likeness (QED) is 0.336. The molecule has 2 aromatic rings. The number of amides is 1. The highest BCUT2D eigenvalue weighted by molar-refractivity contribution is 6.46. The fourth-order valence-electron chi connectivity index (χ4n) is 3.71. The van der Waals surface area contributed by atoms with Gasteiger partial charge in [-0.05, 0) is 62.5 Å². The largest absolute Gasteiger partial charge is 0.507 e. The van der Waals surface area contributed by atoms with E-state index in [1.807, 2.05) is 25.9 Å². The molecule has 3 rings (SSSR count). The number of likely N-dealkylation sites (tertiary alicyclic amines) is 1. The molecule has 1 unspecified atom stereocenters. The fraction of sp³-hybridized carbons (Fsp3) is 0.360. The molecule has 1 N–H and O–H groups in total. The van der Waals surface area contributed by atoms with Crippen LogP contribution in [0, 0.1) is 0 Å². The Labute approximate surface area is 199 Å². The van der Waals surface area contributed by atoms with Gasteiger partial charge in [-0.2, -0.15) is 0 Å². The number of hydrogen-bond donors (Lipinski definition) is 1. The zero-order valence-electron chi connectivity index (χ0n) is 19.3. The van der Waals surface area contributed by atoms with Crippen LogP contribution in [0.4, 0.5) is 0 Å². The summed E-state index contributed by atoms with van der Waals surface area (Å²) >= 11 is 5.97. The third-order valence-corrected chi connectivity index (χ3v) is 5.66. The molecule has 0 radical (unpaired) electrons. The summed E-state index contributed by atoms with van der Waals surface area (Å²) in [5, 5.41) is 11.6. The van der Waals surface area contributed by atoms with E-state index in [1.54, 1.807) is 42.5 Å². The van der Waals surface area contributed by atoms with Crippen molar-refractivity contribution >= 4 is 29.1 Å². The molecule has 1 aliphatic rings. The van der Waals surface area contributed by atoms with Gasteiger partial charge in [0.1, 0.15) is 5.76 Å². The van der Waals surface area contributed by atoms with E-state index in [0.717, 1.165) is 6.42 Å². The summed E-state index contributed by atoms with van der Waals surface area (Å²) in [7, 11) is 5.32. The van der Waals surface area contributed by atoms with E-state index in [9.17, 15) is 14.7 Å². The van der Waals surface area contributed by atoms with Gasteiger partial charge in [-0.3, -0.25) is 9.59 Å². The van der Waals surface area contributed by atoms with Crippen molar-refractivity contribution in [3.8, 4) is 11.5 Å². The van der Waals surface area contributed by atoms with Crippen molar-refractivity contribution < 1.29 is 24.2 Å². The summed E-state index contributed by atoms with van der Waals surface area (Å²) in [5.41, 5.74) is 1.08. The number of carbonyl (C=O) groups is 2. The number of benzene rings is 2. The predicted molar refractivity (Wildman–Crippen MR) is 128 cm³/mol. The molecule has 1 heterocycles. The Morgan fingerprint density at radius 2 is 1.82 bits per heavy atom. The number of Topliss-reactive ketones (excluding diaryl/α,β-unsaturated/α-hetero) is 1. The Bertz CT molecular complexity index is 1050. The number of halogens is 1. The van der Waals surface area contributed by atoms with Crippen LogP contribution in [0.3, 0.4) is 0 Å². The number of aliphatic hydroxyl groups is 1. The van der Waals surface area contributed by atoms with Crippen LogP contribution in [0.15, 0.2) is 48.0 Å².